The van der Waals surface area contributed by atoms with Crippen molar-refractivity contribution >= 4 is 17.9 Å². The van der Waals surface area contributed by atoms with Gasteiger partial charge in [-0.2, -0.15) is 0 Å². The Balaban J connectivity index is 6.58. The Labute approximate surface area is 167 Å². The first-order valence-electron chi connectivity index (χ1n) is 9.31. The fourth-order valence-corrected chi connectivity index (χ4v) is 2.58. The van der Waals surface area contributed by atoms with Crippen molar-refractivity contribution in [3.8, 4) is 0 Å². The second-order valence-electron chi connectivity index (χ2n) is 7.13. The first-order chi connectivity index (χ1) is 12.9. The van der Waals surface area contributed by atoms with Gasteiger partial charge in [0.1, 0.15) is 6.10 Å². The molecular weight excluding hydrogens is 362 g/mol. The minimum Gasteiger partial charge on any atom is -0.478 e. The summed E-state index contributed by atoms with van der Waals surface area (Å²) in [5.74, 6) is -2.94. The van der Waals surface area contributed by atoms with Crippen LogP contribution in [0.5, 0.6) is 0 Å². The summed E-state index contributed by atoms with van der Waals surface area (Å²) in [5.41, 5.74) is 1.08. The van der Waals surface area contributed by atoms with E-state index in [4.69, 9.17) is 4.74 Å². The molecule has 0 spiro atoms. The van der Waals surface area contributed by atoms with E-state index >= 15 is 0 Å². The van der Waals surface area contributed by atoms with Gasteiger partial charge in [-0.1, -0.05) is 19.9 Å². The van der Waals surface area contributed by atoms with E-state index in [1.54, 1.807) is 0 Å². The molecule has 0 rings (SSSR count). The summed E-state index contributed by atoms with van der Waals surface area (Å²) < 4.78 is 5.61. The van der Waals surface area contributed by atoms with Gasteiger partial charge in [0, 0.05) is 23.3 Å². The van der Waals surface area contributed by atoms with Gasteiger partial charge in [0.2, 0.25) is 0 Å². The van der Waals surface area contributed by atoms with Gasteiger partial charge in [-0.05, 0) is 65.3 Å². The van der Waals surface area contributed by atoms with E-state index in [-0.39, 0.29) is 16.7 Å². The number of ether oxygens (including phenoxy) is 1. The van der Waals surface area contributed by atoms with Crippen molar-refractivity contribution in [2.75, 3.05) is 20.6 Å². The van der Waals surface area contributed by atoms with Crippen LogP contribution in [0.4, 0.5) is 0 Å². The third-order valence-corrected chi connectivity index (χ3v) is 4.44. The molecule has 1 atom stereocenters. The standard InChI is InChI=1S/C21H33NO6/c1-8-9-10-16(14(4)19(23)24)18(28-21(27)13(2)3)17(11-12-22(6)7)15(5)20(25)26/h18H,2,8-12H2,1,3-7H3,(H,23,24)(H,25,26). The number of carbonyl (C=O) groups excluding carboxylic acids is 1. The van der Waals surface area contributed by atoms with Crippen molar-refractivity contribution in [1.82, 2.24) is 4.90 Å². The van der Waals surface area contributed by atoms with E-state index in [9.17, 15) is 24.6 Å². The van der Waals surface area contributed by atoms with Gasteiger partial charge in [-0.25, -0.2) is 14.4 Å². The smallest absolute Gasteiger partial charge is 0.334 e. The Morgan fingerprint density at radius 2 is 1.43 bits per heavy atom. The van der Waals surface area contributed by atoms with Gasteiger partial charge in [0.25, 0.3) is 0 Å². The van der Waals surface area contributed by atoms with Crippen LogP contribution in [0.1, 0.15) is 53.4 Å². The van der Waals surface area contributed by atoms with Crippen LogP contribution in [0.15, 0.2) is 34.4 Å². The van der Waals surface area contributed by atoms with Crippen LogP contribution in [0.3, 0.4) is 0 Å². The minimum atomic E-state index is -1.13. The molecule has 0 aromatic carbocycles. The van der Waals surface area contributed by atoms with Gasteiger partial charge in [0.15, 0.2) is 0 Å². The number of aliphatic carboxylic acids is 2. The quantitative estimate of drug-likeness (QED) is 0.385. The Bertz CT molecular complexity index is 672. The summed E-state index contributed by atoms with van der Waals surface area (Å²) >= 11 is 0. The molecule has 158 valence electrons. The van der Waals surface area contributed by atoms with E-state index in [1.807, 2.05) is 25.9 Å². The number of carboxylic acid groups (broad SMARTS) is 2. The fraction of sp³-hybridized carbons (Fsp3) is 0.571. The molecule has 28 heavy (non-hydrogen) atoms. The summed E-state index contributed by atoms with van der Waals surface area (Å²) in [7, 11) is 3.69. The van der Waals surface area contributed by atoms with Gasteiger partial charge in [0.05, 0.1) is 0 Å². The average molecular weight is 395 g/mol. The number of hydrogen-bond acceptors (Lipinski definition) is 5. The molecule has 0 bridgehead atoms. The number of esters is 1. The lowest BCUT2D eigenvalue weighted by Gasteiger charge is -2.27. The van der Waals surface area contributed by atoms with E-state index in [0.29, 0.717) is 37.0 Å². The van der Waals surface area contributed by atoms with Crippen molar-refractivity contribution < 1.29 is 29.3 Å². The van der Waals surface area contributed by atoms with Crippen molar-refractivity contribution in [1.29, 1.82) is 0 Å². The molecule has 0 aliphatic heterocycles. The third kappa shape index (κ3) is 8.08. The first kappa shape index (κ1) is 25.6. The Kier molecular flexibility index (Phi) is 11.1. The predicted molar refractivity (Wildman–Crippen MR) is 108 cm³/mol. The third-order valence-electron chi connectivity index (χ3n) is 4.44. The van der Waals surface area contributed by atoms with Gasteiger partial charge in [-0.15, -0.1) is 0 Å². The molecule has 0 radical (unpaired) electrons. The molecule has 0 aliphatic rings. The molecule has 0 aliphatic carbocycles. The Morgan fingerprint density at radius 3 is 1.79 bits per heavy atom. The lowest BCUT2D eigenvalue weighted by Crippen LogP contribution is -2.29. The molecule has 0 fully saturated rings. The molecule has 0 amide bonds. The van der Waals surface area contributed by atoms with Gasteiger partial charge in [-0.3, -0.25) is 0 Å². The molecular formula is C21H33NO6. The van der Waals surface area contributed by atoms with Crippen LogP contribution in [0, 0.1) is 0 Å². The number of carboxylic acids is 2. The average Bonchev–Trinajstić information content (AvgIpc) is 2.60. The maximum Gasteiger partial charge on any atom is 0.334 e. The van der Waals surface area contributed by atoms with Crippen LogP contribution in [-0.2, 0) is 19.1 Å². The van der Waals surface area contributed by atoms with Gasteiger partial charge >= 0.3 is 17.9 Å². The second-order valence-corrected chi connectivity index (χ2v) is 7.13. The molecule has 1 unspecified atom stereocenters. The summed E-state index contributed by atoms with van der Waals surface area (Å²) in [4.78, 5) is 37.5. The summed E-state index contributed by atoms with van der Waals surface area (Å²) in [6.45, 7) is 10.5. The highest BCUT2D eigenvalue weighted by atomic mass is 16.5. The lowest BCUT2D eigenvalue weighted by molar-refractivity contribution is -0.142. The summed E-state index contributed by atoms with van der Waals surface area (Å²) in [6.07, 6.45) is 1.16. The van der Waals surface area contributed by atoms with E-state index in [1.165, 1.54) is 20.8 Å². The molecule has 7 heteroatoms. The molecule has 0 saturated heterocycles. The van der Waals surface area contributed by atoms with E-state index in [2.05, 4.69) is 6.58 Å². The highest BCUT2D eigenvalue weighted by molar-refractivity contribution is 5.90. The molecule has 0 aromatic rings. The Morgan fingerprint density at radius 1 is 0.964 bits per heavy atom. The maximum atomic E-state index is 12.3. The van der Waals surface area contributed by atoms with Gasteiger partial charge < -0.3 is 19.8 Å². The fourth-order valence-electron chi connectivity index (χ4n) is 2.58. The largest absolute Gasteiger partial charge is 0.478 e. The van der Waals surface area contributed by atoms with Crippen LogP contribution in [0.25, 0.3) is 0 Å². The molecule has 2 N–H and O–H groups in total. The zero-order chi connectivity index (χ0) is 22.0. The lowest BCUT2D eigenvalue weighted by atomic mass is 9.88. The Hall–Kier alpha value is -2.41. The highest BCUT2D eigenvalue weighted by Gasteiger charge is 2.29. The maximum absolute atomic E-state index is 12.3. The van der Waals surface area contributed by atoms with E-state index < -0.39 is 24.0 Å². The summed E-state index contributed by atoms with van der Waals surface area (Å²) in [6, 6.07) is 0. The SMILES string of the molecule is C=C(C)C(=O)OC(C(CCCC)=C(C)C(=O)O)C(CCN(C)C)=C(C)C(=O)O. The van der Waals surface area contributed by atoms with Crippen LogP contribution in [-0.4, -0.2) is 59.8 Å². The summed E-state index contributed by atoms with van der Waals surface area (Å²) in [5, 5.41) is 19.1. The minimum absolute atomic E-state index is 0.0496. The van der Waals surface area contributed by atoms with E-state index in [0.717, 1.165) is 6.42 Å². The first-order valence-corrected chi connectivity index (χ1v) is 9.31. The van der Waals surface area contributed by atoms with Crippen molar-refractivity contribution in [2.24, 2.45) is 0 Å². The number of unbranched alkanes of at least 4 members (excludes halogenated alkanes) is 1. The van der Waals surface area contributed by atoms with Crippen molar-refractivity contribution in [3.05, 3.63) is 34.4 Å². The van der Waals surface area contributed by atoms with Crippen molar-refractivity contribution in [3.63, 3.8) is 0 Å². The van der Waals surface area contributed by atoms with Crippen molar-refractivity contribution in [2.45, 2.75) is 59.5 Å². The number of rotatable bonds is 12. The van der Waals surface area contributed by atoms with Crippen LogP contribution >= 0.6 is 0 Å². The normalized spacial score (nSPS) is 14.1. The zero-order valence-electron chi connectivity index (χ0n) is 17.8. The monoisotopic (exact) mass is 395 g/mol. The molecule has 0 heterocycles. The number of carbonyl (C=O) groups is 3. The van der Waals surface area contributed by atoms with Crippen LogP contribution in [0.2, 0.25) is 0 Å². The number of hydrogen-bond donors (Lipinski definition) is 2. The highest BCUT2D eigenvalue weighted by Crippen LogP contribution is 2.30. The molecule has 0 saturated carbocycles. The molecule has 0 aromatic heterocycles. The predicted octanol–water partition coefficient (Wildman–Crippen LogP) is 3.42. The number of nitrogens with zero attached hydrogens (tertiary/aromatic N) is 1. The zero-order valence-corrected chi connectivity index (χ0v) is 17.8. The topological polar surface area (TPSA) is 104 Å². The molecule has 7 nitrogen and oxygen atoms in total. The second kappa shape index (κ2) is 12.1. The van der Waals surface area contributed by atoms with Crippen LogP contribution < -0.4 is 0 Å².